The molecule has 0 fully saturated rings. The number of anilines is 1. The summed E-state index contributed by atoms with van der Waals surface area (Å²) in [5, 5.41) is 17.2. The molecule has 0 bridgehead atoms. The molecule has 1 radical (unpaired) electrons. The molecule has 4 rings (SSSR count). The molecule has 7 nitrogen and oxygen atoms in total. The quantitative estimate of drug-likeness (QED) is 0.661. The van der Waals surface area contributed by atoms with Gasteiger partial charge in [-0.1, -0.05) is 17.7 Å². The number of tetrazole rings is 1. The van der Waals surface area contributed by atoms with Gasteiger partial charge >= 0.3 is 0 Å². The van der Waals surface area contributed by atoms with Crippen LogP contribution >= 0.6 is 11.6 Å². The van der Waals surface area contributed by atoms with Gasteiger partial charge in [0.05, 0.1) is 16.0 Å². The Morgan fingerprint density at radius 2 is 2.18 bits per heavy atom. The summed E-state index contributed by atoms with van der Waals surface area (Å²) < 4.78 is 5.71. The normalized spacial score (nSPS) is 12.6. The third-order valence-corrected chi connectivity index (χ3v) is 3.55. The summed E-state index contributed by atoms with van der Waals surface area (Å²) in [7, 11) is 0. The van der Waals surface area contributed by atoms with Crippen LogP contribution in [0.2, 0.25) is 5.02 Å². The number of fused-ring (bicyclic) bond motifs is 2. The Labute approximate surface area is 151 Å². The zero-order chi connectivity index (χ0) is 14.4. The van der Waals surface area contributed by atoms with E-state index >= 15 is 0 Å². The molecule has 0 spiro atoms. The molecular weight excluding hydrogens is 317 g/mol. The maximum atomic E-state index is 12.6. The van der Waals surface area contributed by atoms with Crippen molar-refractivity contribution in [3.63, 3.8) is 0 Å². The van der Waals surface area contributed by atoms with E-state index in [1.807, 2.05) is 6.08 Å². The van der Waals surface area contributed by atoms with Gasteiger partial charge in [-0.05, 0) is 28.6 Å². The van der Waals surface area contributed by atoms with Gasteiger partial charge in [0.15, 0.2) is 11.4 Å². The Kier molecular flexibility index (Phi) is 4.05. The number of H-pyrrole nitrogens is 1. The molecule has 0 atom stereocenters. The SMILES string of the molecule is O=c1c2c(oc3c(Cl)cc(-c4nnn[nH]4)cc13)NCC=C2.[Na]. The molecule has 9 heteroatoms. The summed E-state index contributed by atoms with van der Waals surface area (Å²) in [6, 6.07) is 3.32. The first kappa shape index (κ1) is 15.2. The third kappa shape index (κ3) is 2.36. The summed E-state index contributed by atoms with van der Waals surface area (Å²) in [6.45, 7) is 0.612. The molecule has 3 aromatic rings. The minimum absolute atomic E-state index is 0. The maximum Gasteiger partial charge on any atom is 0.205 e. The van der Waals surface area contributed by atoms with Crippen LogP contribution in [-0.4, -0.2) is 56.7 Å². The minimum atomic E-state index is -0.147. The van der Waals surface area contributed by atoms with E-state index in [1.54, 1.807) is 18.2 Å². The standard InChI is InChI=1S/C13H8ClN5O2.Na/c14-9-5-6(12-16-18-19-17-12)4-8-10(20)7-2-1-3-15-13(7)21-11(8)9;/h1-2,4-5,15H,3H2,(H,16,17,18,19);. The number of nitrogens with zero attached hydrogens (tertiary/aromatic N) is 3. The predicted molar refractivity (Wildman–Crippen MR) is 83.9 cm³/mol. The molecule has 1 aliphatic heterocycles. The molecule has 0 unspecified atom stereocenters. The van der Waals surface area contributed by atoms with E-state index < -0.39 is 0 Å². The molecule has 1 aromatic carbocycles. The minimum Gasteiger partial charge on any atom is -0.438 e. The molecule has 105 valence electrons. The molecule has 0 saturated carbocycles. The topological polar surface area (TPSA) is 96.7 Å². The van der Waals surface area contributed by atoms with Crippen molar-refractivity contribution in [2.75, 3.05) is 11.9 Å². The number of hydrogen-bond donors (Lipinski definition) is 2. The van der Waals surface area contributed by atoms with Gasteiger partial charge in [-0.3, -0.25) is 4.79 Å². The van der Waals surface area contributed by atoms with E-state index in [2.05, 4.69) is 25.9 Å². The first-order chi connectivity index (χ1) is 10.2. The molecule has 22 heavy (non-hydrogen) atoms. The molecule has 3 heterocycles. The van der Waals surface area contributed by atoms with Crippen LogP contribution in [0.1, 0.15) is 5.56 Å². The van der Waals surface area contributed by atoms with E-state index in [9.17, 15) is 4.79 Å². The van der Waals surface area contributed by atoms with E-state index in [4.69, 9.17) is 16.0 Å². The van der Waals surface area contributed by atoms with Crippen molar-refractivity contribution in [3.8, 4) is 11.4 Å². The van der Waals surface area contributed by atoms with Gasteiger partial charge in [-0.2, -0.15) is 0 Å². The van der Waals surface area contributed by atoms with Crippen LogP contribution in [0, 0.1) is 0 Å². The monoisotopic (exact) mass is 324 g/mol. The summed E-state index contributed by atoms with van der Waals surface area (Å²) in [4.78, 5) is 12.6. The predicted octanol–water partition coefficient (Wildman–Crippen LogP) is 1.68. The molecule has 0 aliphatic carbocycles. The van der Waals surface area contributed by atoms with Gasteiger partial charge in [0, 0.05) is 41.7 Å². The van der Waals surface area contributed by atoms with E-state index in [-0.39, 0.29) is 35.0 Å². The molecule has 2 N–H and O–H groups in total. The van der Waals surface area contributed by atoms with Crippen LogP contribution in [0.25, 0.3) is 28.4 Å². The number of nitrogens with one attached hydrogen (secondary N) is 2. The first-order valence-electron chi connectivity index (χ1n) is 6.19. The number of hydrogen-bond acceptors (Lipinski definition) is 6. The van der Waals surface area contributed by atoms with Gasteiger partial charge in [-0.25, -0.2) is 5.10 Å². The van der Waals surface area contributed by atoms with Crippen molar-refractivity contribution in [1.82, 2.24) is 20.6 Å². The second-order valence-electron chi connectivity index (χ2n) is 4.54. The first-order valence-corrected chi connectivity index (χ1v) is 6.57. The fraction of sp³-hybridized carbons (Fsp3) is 0.0769. The number of aromatic nitrogens is 4. The average molecular weight is 325 g/mol. The molecule has 2 aromatic heterocycles. The van der Waals surface area contributed by atoms with Crippen molar-refractivity contribution < 1.29 is 4.42 Å². The van der Waals surface area contributed by atoms with Crippen molar-refractivity contribution in [1.29, 1.82) is 0 Å². The maximum absolute atomic E-state index is 12.6. The smallest absolute Gasteiger partial charge is 0.205 e. The van der Waals surface area contributed by atoms with Crippen LogP contribution < -0.4 is 10.7 Å². The molecular formula is C13H8ClN5NaO2. The Bertz CT molecular complexity index is 936. The summed E-state index contributed by atoms with van der Waals surface area (Å²) in [6.07, 6.45) is 3.60. The second-order valence-corrected chi connectivity index (χ2v) is 4.95. The van der Waals surface area contributed by atoms with Gasteiger partial charge in [0.1, 0.15) is 0 Å². The van der Waals surface area contributed by atoms with Crippen LogP contribution in [0.15, 0.2) is 27.4 Å². The Morgan fingerprint density at radius 1 is 1.32 bits per heavy atom. The fourth-order valence-electron chi connectivity index (χ4n) is 2.30. The van der Waals surface area contributed by atoms with Gasteiger partial charge in [0.25, 0.3) is 0 Å². The largest absolute Gasteiger partial charge is 0.438 e. The summed E-state index contributed by atoms with van der Waals surface area (Å²) in [5.74, 6) is 0.871. The summed E-state index contributed by atoms with van der Waals surface area (Å²) >= 11 is 6.23. The number of aromatic amines is 1. The van der Waals surface area contributed by atoms with E-state index in [0.717, 1.165) is 0 Å². The fourth-order valence-corrected chi connectivity index (χ4v) is 2.56. The third-order valence-electron chi connectivity index (χ3n) is 3.27. The van der Waals surface area contributed by atoms with Crippen molar-refractivity contribution in [2.45, 2.75) is 0 Å². The van der Waals surface area contributed by atoms with Crippen LogP contribution in [0.4, 0.5) is 5.88 Å². The van der Waals surface area contributed by atoms with Crippen molar-refractivity contribution >= 4 is 64.1 Å². The van der Waals surface area contributed by atoms with Gasteiger partial charge in [0.2, 0.25) is 11.3 Å². The van der Waals surface area contributed by atoms with Crippen molar-refractivity contribution in [2.24, 2.45) is 0 Å². The Balaban J connectivity index is 0.00000144. The van der Waals surface area contributed by atoms with Crippen LogP contribution in [-0.2, 0) is 0 Å². The number of halogens is 1. The second kappa shape index (κ2) is 5.85. The van der Waals surface area contributed by atoms with Crippen molar-refractivity contribution in [3.05, 3.63) is 39.0 Å². The van der Waals surface area contributed by atoms with Gasteiger partial charge < -0.3 is 9.73 Å². The van der Waals surface area contributed by atoms with Crippen LogP contribution in [0.5, 0.6) is 0 Å². The zero-order valence-corrected chi connectivity index (χ0v) is 14.3. The van der Waals surface area contributed by atoms with E-state index in [1.165, 1.54) is 0 Å². The molecule has 1 aliphatic rings. The average Bonchev–Trinajstić information content (AvgIpc) is 3.03. The Hall–Kier alpha value is -1.67. The zero-order valence-electron chi connectivity index (χ0n) is 11.6. The van der Waals surface area contributed by atoms with Gasteiger partial charge in [-0.15, -0.1) is 5.10 Å². The Morgan fingerprint density at radius 3 is 2.95 bits per heavy atom. The summed E-state index contributed by atoms with van der Waals surface area (Å²) in [5.41, 5.74) is 1.31. The number of rotatable bonds is 1. The van der Waals surface area contributed by atoms with E-state index in [0.29, 0.717) is 45.4 Å². The van der Waals surface area contributed by atoms with Crippen LogP contribution in [0.3, 0.4) is 0 Å². The molecule has 0 amide bonds. The molecule has 0 saturated heterocycles. The number of benzene rings is 1.